The Balaban J connectivity index is 0.963. The van der Waals surface area contributed by atoms with Crippen LogP contribution in [0.3, 0.4) is 0 Å². The molecule has 2 aromatic heterocycles. The van der Waals surface area contributed by atoms with Gasteiger partial charge in [-0.2, -0.15) is 0 Å². The quantitative estimate of drug-likeness (QED) is 0.129. The van der Waals surface area contributed by atoms with Gasteiger partial charge in [-0.15, -0.1) is 13.2 Å². The van der Waals surface area contributed by atoms with E-state index in [1.165, 1.54) is 24.3 Å². The lowest BCUT2D eigenvalue weighted by molar-refractivity contribution is -0.278. The van der Waals surface area contributed by atoms with Gasteiger partial charge in [-0.1, -0.05) is 28.6 Å². The van der Waals surface area contributed by atoms with E-state index in [1.54, 1.807) is 6.07 Å². The van der Waals surface area contributed by atoms with Gasteiger partial charge in [-0.3, -0.25) is 0 Å². The zero-order valence-electron chi connectivity index (χ0n) is 28.0. The minimum Gasteiger partial charge on any atom is -0.479 e. The molecule has 1 aliphatic carbocycles. The van der Waals surface area contributed by atoms with Crippen molar-refractivity contribution in [2.75, 3.05) is 4.90 Å². The second kappa shape index (κ2) is 14.0. The highest BCUT2D eigenvalue weighted by atomic mass is 32.1. The number of carboxylic acid groups (broad SMARTS) is 1. The fraction of sp³-hybridized carbons (Fsp3) is 0.486. The van der Waals surface area contributed by atoms with Crippen LogP contribution in [0.5, 0.6) is 5.75 Å². The van der Waals surface area contributed by atoms with E-state index in [0.29, 0.717) is 34.0 Å². The Morgan fingerprint density at radius 3 is 2.41 bits per heavy atom. The highest BCUT2D eigenvalue weighted by Crippen LogP contribution is 2.47. The zero-order chi connectivity index (χ0) is 38.1. The fourth-order valence-corrected chi connectivity index (χ4v) is 8.68. The number of carbonyl (C=O) groups excluding carboxylic acids is 1. The lowest BCUT2D eigenvalue weighted by atomic mass is 9.99. The number of piperidine rings is 1. The summed E-state index contributed by atoms with van der Waals surface area (Å²) in [7, 11) is 0. The third-order valence-corrected chi connectivity index (χ3v) is 11.2. The van der Waals surface area contributed by atoms with Crippen LogP contribution in [0.2, 0.25) is 0 Å². The van der Waals surface area contributed by atoms with Crippen molar-refractivity contribution in [1.82, 2.24) is 10.1 Å². The molecule has 2 bridgehead atoms. The SMILES string of the molecule is O=C(O[C@@H]1O[C@H](C(=O)O)[C@@H](O)[C@H](O)[C@H]1O)c1cc(F)c2nc(N3[C@@H]4CC[C@H]3C[C@@H](OCc3c(-c5ccccc5OC(F)(F)F)noc3C3CC3)C4)sc2c1. The molecule has 4 aliphatic rings. The van der Waals surface area contributed by atoms with Crippen molar-refractivity contribution in [2.45, 2.75) is 106 Å². The Hall–Kier alpha value is -4.40. The predicted molar refractivity (Wildman–Crippen MR) is 177 cm³/mol. The topological polar surface area (TPSA) is 194 Å². The van der Waals surface area contributed by atoms with Gasteiger partial charge < -0.3 is 48.8 Å². The molecule has 4 aromatic rings. The molecular formula is C35H33F4N3O11S. The normalized spacial score (nSPS) is 28.4. The Morgan fingerprint density at radius 2 is 1.72 bits per heavy atom. The number of fused-ring (bicyclic) bond motifs is 3. The number of hydrogen-bond donors (Lipinski definition) is 4. The van der Waals surface area contributed by atoms with Crippen molar-refractivity contribution in [3.8, 4) is 17.0 Å². The number of carboxylic acids is 1. The Morgan fingerprint density at radius 1 is 1.00 bits per heavy atom. The maximum atomic E-state index is 15.4. The largest absolute Gasteiger partial charge is 0.573 e. The molecule has 19 heteroatoms. The number of alkyl halides is 3. The molecule has 0 radical (unpaired) electrons. The standard InChI is InChI=1S/C35H33F4N3O11S/c36-21-9-15(32(48)51-33-28(45)26(43)27(44)30(50-33)31(46)47)10-23-25(21)40-34(54-23)42-16-7-8-17(42)12-18(11-16)49-13-20-24(41-53-29(20)14-5-6-14)19-3-1-2-4-22(19)52-35(37,38)39/h1-4,9-10,14,16-18,26-28,30,33,43-45H,5-8,11-13H2,(H,46,47)/t16-,17+,18+,26-,27-,28+,30-,33-/m0/s1. The number of aromatic nitrogens is 2. The number of carbonyl (C=O) groups is 2. The number of halogens is 4. The molecule has 54 heavy (non-hydrogen) atoms. The first-order valence-electron chi connectivity index (χ1n) is 17.2. The van der Waals surface area contributed by atoms with Gasteiger partial charge in [0.2, 0.25) is 6.29 Å². The van der Waals surface area contributed by atoms with E-state index >= 15 is 4.39 Å². The number of aliphatic hydroxyl groups is 3. The highest BCUT2D eigenvalue weighted by molar-refractivity contribution is 7.22. The first kappa shape index (κ1) is 36.6. The van der Waals surface area contributed by atoms with Gasteiger partial charge >= 0.3 is 18.3 Å². The van der Waals surface area contributed by atoms with Crippen LogP contribution in [0.1, 0.15) is 66.1 Å². The van der Waals surface area contributed by atoms with E-state index in [1.807, 2.05) is 0 Å². The van der Waals surface area contributed by atoms with Crippen LogP contribution in [0.4, 0.5) is 22.7 Å². The smallest absolute Gasteiger partial charge is 0.479 e. The number of esters is 1. The Kier molecular flexibility index (Phi) is 9.50. The molecule has 3 aliphatic heterocycles. The van der Waals surface area contributed by atoms with Gasteiger partial charge in [-0.25, -0.2) is 19.0 Å². The number of para-hydroxylation sites is 1. The summed E-state index contributed by atoms with van der Waals surface area (Å²) in [5.74, 6) is -3.34. The average molecular weight is 780 g/mol. The first-order chi connectivity index (χ1) is 25.8. The summed E-state index contributed by atoms with van der Waals surface area (Å²) in [6.45, 7) is 0.0692. The summed E-state index contributed by atoms with van der Waals surface area (Å²) in [6.07, 6.45) is -10.4. The van der Waals surface area contributed by atoms with Crippen LogP contribution in [0.25, 0.3) is 21.5 Å². The molecule has 3 saturated heterocycles. The van der Waals surface area contributed by atoms with Crippen LogP contribution in [-0.4, -0.2) is 97.8 Å². The number of thiazole rings is 1. The number of rotatable bonds is 10. The summed E-state index contributed by atoms with van der Waals surface area (Å²) in [6, 6.07) is 7.97. The molecule has 5 heterocycles. The molecule has 288 valence electrons. The van der Waals surface area contributed by atoms with Gasteiger partial charge in [-0.05, 0) is 62.8 Å². The summed E-state index contributed by atoms with van der Waals surface area (Å²) in [5.41, 5.74) is 0.704. The monoisotopic (exact) mass is 779 g/mol. The lowest BCUT2D eigenvalue weighted by Crippen LogP contribution is -2.60. The number of nitrogens with zero attached hydrogens (tertiary/aromatic N) is 3. The van der Waals surface area contributed by atoms with Crippen LogP contribution >= 0.6 is 11.3 Å². The summed E-state index contributed by atoms with van der Waals surface area (Å²) in [5, 5.41) is 44.1. The van der Waals surface area contributed by atoms with Gasteiger partial charge in [0.1, 0.15) is 41.0 Å². The van der Waals surface area contributed by atoms with E-state index in [-0.39, 0.29) is 53.0 Å². The summed E-state index contributed by atoms with van der Waals surface area (Å²) < 4.78 is 81.8. The Bertz CT molecular complexity index is 2060. The van der Waals surface area contributed by atoms with Crippen LogP contribution < -0.4 is 9.64 Å². The van der Waals surface area contributed by atoms with Crippen LogP contribution in [0.15, 0.2) is 40.9 Å². The summed E-state index contributed by atoms with van der Waals surface area (Å²) >= 11 is 1.16. The fourth-order valence-electron chi connectivity index (χ4n) is 7.52. The molecule has 4 N–H and O–H groups in total. The molecule has 0 spiro atoms. The maximum Gasteiger partial charge on any atom is 0.573 e. The van der Waals surface area contributed by atoms with Crippen molar-refractivity contribution >= 4 is 38.6 Å². The van der Waals surface area contributed by atoms with E-state index in [9.17, 15) is 43.2 Å². The number of aliphatic hydroxyl groups excluding tert-OH is 3. The lowest BCUT2D eigenvalue weighted by Gasteiger charge is -2.38. The number of ether oxygens (including phenoxy) is 4. The van der Waals surface area contributed by atoms with E-state index in [2.05, 4.69) is 19.8 Å². The molecular weight excluding hydrogens is 746 g/mol. The van der Waals surface area contributed by atoms with E-state index < -0.39 is 60.6 Å². The predicted octanol–water partition coefficient (Wildman–Crippen LogP) is 4.63. The molecule has 8 atom stereocenters. The number of hydrogen-bond acceptors (Lipinski definition) is 14. The zero-order valence-corrected chi connectivity index (χ0v) is 28.8. The molecule has 8 rings (SSSR count). The van der Waals surface area contributed by atoms with Crippen molar-refractivity contribution < 1.29 is 71.0 Å². The Labute approximate surface area is 306 Å². The minimum absolute atomic E-state index is 0.0125. The number of anilines is 1. The van der Waals surface area contributed by atoms with Crippen molar-refractivity contribution in [1.29, 1.82) is 0 Å². The van der Waals surface area contributed by atoms with Gasteiger partial charge in [0.05, 0.1) is 23.0 Å². The van der Waals surface area contributed by atoms with Crippen LogP contribution in [-0.2, 0) is 25.6 Å². The average Bonchev–Trinajstić information content (AvgIpc) is 3.63. The number of aliphatic carboxylic acids is 1. The molecule has 4 fully saturated rings. The third-order valence-electron chi connectivity index (χ3n) is 10.2. The van der Waals surface area contributed by atoms with Crippen molar-refractivity contribution in [3.05, 3.63) is 59.1 Å². The molecule has 2 aromatic carbocycles. The van der Waals surface area contributed by atoms with Crippen LogP contribution in [0, 0.1) is 5.82 Å². The van der Waals surface area contributed by atoms with Gasteiger partial charge in [0.25, 0.3) is 0 Å². The van der Waals surface area contributed by atoms with Gasteiger partial charge in [0, 0.05) is 29.1 Å². The summed E-state index contributed by atoms with van der Waals surface area (Å²) in [4.78, 5) is 31.1. The third kappa shape index (κ3) is 6.99. The molecule has 0 unspecified atom stereocenters. The maximum absolute atomic E-state index is 15.4. The van der Waals surface area contributed by atoms with E-state index in [4.69, 9.17) is 18.7 Å². The van der Waals surface area contributed by atoms with Gasteiger partial charge in [0.15, 0.2) is 17.1 Å². The van der Waals surface area contributed by atoms with Crippen molar-refractivity contribution in [3.63, 3.8) is 0 Å². The van der Waals surface area contributed by atoms with E-state index in [0.717, 1.165) is 43.1 Å². The second-order valence-corrected chi connectivity index (χ2v) is 14.8. The molecule has 0 amide bonds. The highest BCUT2D eigenvalue weighted by Gasteiger charge is 2.49. The first-order valence-corrected chi connectivity index (χ1v) is 18.0. The molecule has 14 nitrogen and oxygen atoms in total. The van der Waals surface area contributed by atoms with Crippen molar-refractivity contribution in [2.24, 2.45) is 0 Å². The molecule has 1 saturated carbocycles. The second-order valence-electron chi connectivity index (χ2n) is 13.8. The number of benzene rings is 2. The minimum atomic E-state index is -4.90.